The molecule has 0 saturated carbocycles. The second kappa shape index (κ2) is 8.21. The summed E-state index contributed by atoms with van der Waals surface area (Å²) in [6, 6.07) is 14.7. The van der Waals surface area contributed by atoms with Crippen LogP contribution in [0.15, 0.2) is 53.9 Å². The third-order valence-corrected chi connectivity index (χ3v) is 4.81. The van der Waals surface area contributed by atoms with Crippen molar-refractivity contribution < 1.29 is 14.3 Å². The number of carboxylic acids is 1. The van der Waals surface area contributed by atoms with Crippen LogP contribution in [0, 0.1) is 12.7 Å². The number of benzene rings is 2. The van der Waals surface area contributed by atoms with Gasteiger partial charge in [-0.3, -0.25) is 4.90 Å². The molecule has 0 aliphatic rings. The summed E-state index contributed by atoms with van der Waals surface area (Å²) < 4.78 is 13.2. The van der Waals surface area contributed by atoms with Gasteiger partial charge < -0.3 is 5.11 Å². The number of aromatic nitrogens is 1. The molecule has 3 aromatic rings. The summed E-state index contributed by atoms with van der Waals surface area (Å²) in [7, 11) is 0. The molecule has 0 saturated heterocycles. The number of hydrogen-bond donors (Lipinski definition) is 1. The Bertz CT molecular complexity index is 828. The molecule has 0 amide bonds. The first kappa shape index (κ1) is 18.2. The normalized spacial score (nSPS) is 11.0. The Morgan fingerprint density at radius 2 is 1.62 bits per heavy atom. The second-order valence-electron chi connectivity index (χ2n) is 6.19. The quantitative estimate of drug-likeness (QED) is 0.666. The van der Waals surface area contributed by atoms with Crippen LogP contribution in [-0.4, -0.2) is 21.0 Å². The van der Waals surface area contributed by atoms with Gasteiger partial charge in [0, 0.05) is 18.5 Å². The van der Waals surface area contributed by atoms with E-state index in [4.69, 9.17) is 5.11 Å². The Kier molecular flexibility index (Phi) is 5.75. The smallest absolute Gasteiger partial charge is 0.355 e. The van der Waals surface area contributed by atoms with Crippen molar-refractivity contribution in [2.45, 2.75) is 26.6 Å². The van der Waals surface area contributed by atoms with Gasteiger partial charge in [0.2, 0.25) is 0 Å². The van der Waals surface area contributed by atoms with E-state index < -0.39 is 5.97 Å². The summed E-state index contributed by atoms with van der Waals surface area (Å²) in [5.74, 6) is -1.28. The number of halogens is 1. The van der Waals surface area contributed by atoms with Crippen LogP contribution >= 0.6 is 11.3 Å². The Balaban J connectivity index is 1.78. The van der Waals surface area contributed by atoms with E-state index >= 15 is 0 Å². The lowest BCUT2D eigenvalue weighted by atomic mass is 10.1. The highest BCUT2D eigenvalue weighted by Gasteiger charge is 2.14. The maximum atomic E-state index is 13.2. The highest BCUT2D eigenvalue weighted by molar-refractivity contribution is 7.09. The van der Waals surface area contributed by atoms with Gasteiger partial charge in [-0.15, -0.1) is 11.3 Å². The second-order valence-corrected chi connectivity index (χ2v) is 7.13. The maximum Gasteiger partial charge on any atom is 0.355 e. The highest BCUT2D eigenvalue weighted by Crippen LogP contribution is 2.18. The van der Waals surface area contributed by atoms with Crippen molar-refractivity contribution in [1.29, 1.82) is 0 Å². The van der Waals surface area contributed by atoms with Crippen LogP contribution in [0.5, 0.6) is 0 Å². The Morgan fingerprint density at radius 3 is 2.15 bits per heavy atom. The summed E-state index contributed by atoms with van der Waals surface area (Å²) in [6.45, 7) is 3.89. The van der Waals surface area contributed by atoms with Crippen molar-refractivity contribution >= 4 is 17.3 Å². The maximum absolute atomic E-state index is 13.2. The van der Waals surface area contributed by atoms with Gasteiger partial charge in [-0.1, -0.05) is 42.0 Å². The number of thiazole rings is 1. The van der Waals surface area contributed by atoms with E-state index in [1.54, 1.807) is 17.5 Å². The van der Waals surface area contributed by atoms with E-state index in [0.29, 0.717) is 19.6 Å². The number of rotatable bonds is 7. The predicted molar refractivity (Wildman–Crippen MR) is 99.6 cm³/mol. The van der Waals surface area contributed by atoms with Gasteiger partial charge in [0.05, 0.1) is 6.54 Å². The summed E-state index contributed by atoms with van der Waals surface area (Å²) in [5, 5.41) is 11.4. The molecule has 1 aromatic heterocycles. The number of nitrogens with zero attached hydrogens (tertiary/aromatic N) is 2. The van der Waals surface area contributed by atoms with Crippen molar-refractivity contribution in [1.82, 2.24) is 9.88 Å². The Labute approximate surface area is 155 Å². The van der Waals surface area contributed by atoms with Crippen molar-refractivity contribution in [2.24, 2.45) is 0 Å². The van der Waals surface area contributed by atoms with Crippen LogP contribution in [0.4, 0.5) is 4.39 Å². The molecule has 0 radical (unpaired) electrons. The molecule has 0 fully saturated rings. The lowest BCUT2D eigenvalue weighted by Crippen LogP contribution is -2.22. The zero-order valence-electron chi connectivity index (χ0n) is 14.4. The van der Waals surface area contributed by atoms with Crippen LogP contribution in [0.2, 0.25) is 0 Å². The van der Waals surface area contributed by atoms with Crippen molar-refractivity contribution in [3.8, 4) is 0 Å². The van der Waals surface area contributed by atoms with E-state index in [9.17, 15) is 9.18 Å². The number of carbonyl (C=O) groups is 1. The minimum atomic E-state index is -1.02. The van der Waals surface area contributed by atoms with E-state index in [-0.39, 0.29) is 11.5 Å². The molecule has 4 nitrogen and oxygen atoms in total. The fourth-order valence-electron chi connectivity index (χ4n) is 2.64. The van der Waals surface area contributed by atoms with E-state index in [1.807, 2.05) is 6.92 Å². The molecule has 0 aliphatic heterocycles. The monoisotopic (exact) mass is 370 g/mol. The van der Waals surface area contributed by atoms with Crippen LogP contribution < -0.4 is 0 Å². The van der Waals surface area contributed by atoms with Gasteiger partial charge in [-0.05, 0) is 30.2 Å². The summed E-state index contributed by atoms with van der Waals surface area (Å²) in [4.78, 5) is 17.4. The molecule has 0 unspecified atom stereocenters. The highest BCUT2D eigenvalue weighted by atomic mass is 32.1. The minimum absolute atomic E-state index is 0.0714. The Hall–Kier alpha value is -2.57. The SMILES string of the molecule is Cc1ccc(CN(Cc2ccc(F)cc2)Cc2nc(C(=O)O)cs2)cc1. The lowest BCUT2D eigenvalue weighted by molar-refractivity contribution is 0.0691. The van der Waals surface area contributed by atoms with E-state index in [0.717, 1.165) is 16.1 Å². The zero-order chi connectivity index (χ0) is 18.5. The van der Waals surface area contributed by atoms with Crippen molar-refractivity contribution in [2.75, 3.05) is 0 Å². The average molecular weight is 370 g/mol. The van der Waals surface area contributed by atoms with Gasteiger partial charge in [0.1, 0.15) is 10.8 Å². The molecule has 0 bridgehead atoms. The molecule has 0 spiro atoms. The van der Waals surface area contributed by atoms with Gasteiger partial charge in [-0.2, -0.15) is 0 Å². The van der Waals surface area contributed by atoms with Crippen LogP contribution in [-0.2, 0) is 19.6 Å². The molecule has 1 N–H and O–H groups in total. The lowest BCUT2D eigenvalue weighted by Gasteiger charge is -2.21. The van der Waals surface area contributed by atoms with Crippen LogP contribution in [0.1, 0.15) is 32.2 Å². The predicted octanol–water partition coefficient (Wildman–Crippen LogP) is 4.49. The summed E-state index contributed by atoms with van der Waals surface area (Å²) in [5.41, 5.74) is 3.42. The van der Waals surface area contributed by atoms with E-state index in [2.05, 4.69) is 34.1 Å². The molecule has 0 aliphatic carbocycles. The van der Waals surface area contributed by atoms with Crippen molar-refractivity contribution in [3.63, 3.8) is 0 Å². The number of hydrogen-bond acceptors (Lipinski definition) is 4. The molecule has 3 rings (SSSR count). The minimum Gasteiger partial charge on any atom is -0.476 e. The van der Waals surface area contributed by atoms with Crippen LogP contribution in [0.3, 0.4) is 0 Å². The number of aromatic carboxylic acids is 1. The number of carboxylic acid groups (broad SMARTS) is 1. The van der Waals surface area contributed by atoms with Gasteiger partial charge in [-0.25, -0.2) is 14.2 Å². The van der Waals surface area contributed by atoms with Crippen molar-refractivity contribution in [3.05, 3.63) is 87.1 Å². The number of aryl methyl sites for hydroxylation is 1. The molecule has 0 atom stereocenters. The zero-order valence-corrected chi connectivity index (χ0v) is 15.2. The third kappa shape index (κ3) is 4.97. The standard InChI is InChI=1S/C20H19FN2O2S/c1-14-2-4-15(5-3-14)10-23(11-16-6-8-17(21)9-7-16)12-19-22-18(13-26-19)20(24)25/h2-9,13H,10-12H2,1H3,(H,24,25). The van der Waals surface area contributed by atoms with Gasteiger partial charge in [0.15, 0.2) is 5.69 Å². The summed E-state index contributed by atoms with van der Waals surface area (Å²) >= 11 is 1.34. The van der Waals surface area contributed by atoms with Gasteiger partial charge in [0.25, 0.3) is 0 Å². The molecular formula is C20H19FN2O2S. The Morgan fingerprint density at radius 1 is 1.04 bits per heavy atom. The molecule has 6 heteroatoms. The van der Waals surface area contributed by atoms with E-state index in [1.165, 1.54) is 29.0 Å². The molecule has 26 heavy (non-hydrogen) atoms. The summed E-state index contributed by atoms with van der Waals surface area (Å²) in [6.07, 6.45) is 0. The molecule has 2 aromatic carbocycles. The topological polar surface area (TPSA) is 53.4 Å². The first-order valence-corrected chi connectivity index (χ1v) is 9.07. The first-order chi connectivity index (χ1) is 12.5. The largest absolute Gasteiger partial charge is 0.476 e. The fourth-order valence-corrected chi connectivity index (χ4v) is 3.45. The third-order valence-electron chi connectivity index (χ3n) is 3.98. The van der Waals surface area contributed by atoms with Crippen LogP contribution in [0.25, 0.3) is 0 Å². The molecule has 1 heterocycles. The average Bonchev–Trinajstić information content (AvgIpc) is 3.08. The van der Waals surface area contributed by atoms with Gasteiger partial charge >= 0.3 is 5.97 Å². The molecular weight excluding hydrogens is 351 g/mol. The first-order valence-electron chi connectivity index (χ1n) is 8.19. The fraction of sp³-hybridized carbons (Fsp3) is 0.200. The molecule has 134 valence electrons.